The molecule has 0 bridgehead atoms. The van der Waals surface area contributed by atoms with Gasteiger partial charge in [0.2, 0.25) is 5.43 Å². The summed E-state index contributed by atoms with van der Waals surface area (Å²) in [6.45, 7) is 4.59. The van der Waals surface area contributed by atoms with E-state index in [2.05, 4.69) is 10.4 Å². The molecule has 1 atom stereocenters. The minimum absolute atomic E-state index is 0.0000177. The Morgan fingerprint density at radius 1 is 1.21 bits per heavy atom. The first-order valence-electron chi connectivity index (χ1n) is 8.24. The number of carbonyl (C=O) groups excluding carboxylic acids is 1. The van der Waals surface area contributed by atoms with E-state index in [1.54, 1.807) is 13.8 Å². The topological polar surface area (TPSA) is 101 Å². The highest BCUT2D eigenvalue weighted by Crippen LogP contribution is 2.30. The van der Waals surface area contributed by atoms with Gasteiger partial charge < -0.3 is 10.4 Å². The van der Waals surface area contributed by atoms with E-state index in [0.717, 1.165) is 22.9 Å². The van der Waals surface area contributed by atoms with E-state index < -0.39 is 46.7 Å². The number of aromatic nitrogens is 2. The third kappa shape index (κ3) is 4.56. The molecule has 150 valence electrons. The summed E-state index contributed by atoms with van der Waals surface area (Å²) in [7, 11) is 0. The molecule has 0 aliphatic carbocycles. The Kier molecular flexibility index (Phi) is 5.91. The highest BCUT2D eigenvalue weighted by molar-refractivity contribution is 5.94. The molecule has 2 N–H and O–H groups in total. The zero-order chi connectivity index (χ0) is 21.2. The fraction of sp³-hybridized carbons (Fsp3) is 0.333. The molecule has 0 spiro atoms. The smallest absolute Gasteiger partial charge is 0.416 e. The van der Waals surface area contributed by atoms with Crippen LogP contribution in [-0.2, 0) is 11.0 Å². The second-order valence-electron chi connectivity index (χ2n) is 6.49. The highest BCUT2D eigenvalue weighted by atomic mass is 19.4. The van der Waals surface area contributed by atoms with E-state index in [1.165, 1.54) is 19.1 Å². The van der Waals surface area contributed by atoms with Crippen molar-refractivity contribution in [3.8, 4) is 5.69 Å². The number of halogens is 3. The number of alkyl halides is 3. The number of carbonyl (C=O) groups is 2. The Hall–Kier alpha value is -3.17. The van der Waals surface area contributed by atoms with Gasteiger partial charge in [0.1, 0.15) is 6.04 Å². The first kappa shape index (κ1) is 21.1. The largest absolute Gasteiger partial charge is 0.480 e. The van der Waals surface area contributed by atoms with Crippen LogP contribution in [0.1, 0.15) is 35.6 Å². The van der Waals surface area contributed by atoms with Gasteiger partial charge in [-0.15, -0.1) is 0 Å². The predicted molar refractivity (Wildman–Crippen MR) is 93.3 cm³/mol. The molecule has 1 amide bonds. The van der Waals surface area contributed by atoms with Gasteiger partial charge in [-0.25, -0.2) is 9.48 Å². The Morgan fingerprint density at radius 2 is 1.86 bits per heavy atom. The average Bonchev–Trinajstić information content (AvgIpc) is 2.58. The molecule has 0 aliphatic rings. The molecular weight excluding hydrogens is 379 g/mol. The molecule has 0 radical (unpaired) electrons. The van der Waals surface area contributed by atoms with Gasteiger partial charge >= 0.3 is 12.1 Å². The van der Waals surface area contributed by atoms with Crippen LogP contribution in [0.3, 0.4) is 0 Å². The summed E-state index contributed by atoms with van der Waals surface area (Å²) in [6.07, 6.45) is -4.57. The van der Waals surface area contributed by atoms with Crippen LogP contribution < -0.4 is 10.7 Å². The van der Waals surface area contributed by atoms with Crippen LogP contribution >= 0.6 is 0 Å². The van der Waals surface area contributed by atoms with Crippen molar-refractivity contribution >= 4 is 11.9 Å². The standard InChI is InChI=1S/C18H18F3N3O4/c1-9(2)14(17(27)28)22-16(26)15-13(25)7-10(3)24(23-15)12-6-4-5-11(8-12)18(19,20)21/h4-9,14H,1-3H3,(H,22,26)(H,27,28)/t14-/m1/s1. The van der Waals surface area contributed by atoms with Crippen LogP contribution in [0.25, 0.3) is 5.69 Å². The average molecular weight is 397 g/mol. The summed E-state index contributed by atoms with van der Waals surface area (Å²) in [5.41, 5.74) is -2.10. The first-order chi connectivity index (χ1) is 12.9. The van der Waals surface area contributed by atoms with E-state index >= 15 is 0 Å². The zero-order valence-electron chi connectivity index (χ0n) is 15.2. The summed E-state index contributed by atoms with van der Waals surface area (Å²) in [4.78, 5) is 35.8. The second-order valence-corrected chi connectivity index (χ2v) is 6.49. The van der Waals surface area contributed by atoms with Crippen LogP contribution in [-0.4, -0.2) is 32.8 Å². The van der Waals surface area contributed by atoms with Crippen molar-refractivity contribution in [3.05, 3.63) is 57.5 Å². The summed E-state index contributed by atoms with van der Waals surface area (Å²) in [6, 6.07) is 4.03. The maximum Gasteiger partial charge on any atom is 0.416 e. The number of benzene rings is 1. The minimum Gasteiger partial charge on any atom is -0.480 e. The van der Waals surface area contributed by atoms with E-state index in [9.17, 15) is 27.6 Å². The fourth-order valence-electron chi connectivity index (χ4n) is 2.50. The molecule has 0 fully saturated rings. The van der Waals surface area contributed by atoms with Gasteiger partial charge in [0, 0.05) is 11.8 Å². The SMILES string of the molecule is Cc1cc(=O)c(C(=O)N[C@@H](C(=O)O)C(C)C)nn1-c1cccc(C(F)(F)F)c1. The van der Waals surface area contributed by atoms with E-state index in [4.69, 9.17) is 5.11 Å². The number of aryl methyl sites for hydroxylation is 1. The fourth-order valence-corrected chi connectivity index (χ4v) is 2.50. The van der Waals surface area contributed by atoms with Crippen LogP contribution in [0.4, 0.5) is 13.2 Å². The van der Waals surface area contributed by atoms with Crippen molar-refractivity contribution in [2.24, 2.45) is 5.92 Å². The lowest BCUT2D eigenvalue weighted by atomic mass is 10.0. The van der Waals surface area contributed by atoms with Crippen molar-refractivity contribution < 1.29 is 27.9 Å². The number of aliphatic carboxylic acids is 1. The van der Waals surface area contributed by atoms with Crippen molar-refractivity contribution in [2.75, 3.05) is 0 Å². The number of rotatable bonds is 5. The maximum atomic E-state index is 13.0. The van der Waals surface area contributed by atoms with Crippen molar-refractivity contribution in [1.29, 1.82) is 0 Å². The molecule has 0 saturated carbocycles. The highest BCUT2D eigenvalue weighted by Gasteiger charge is 2.31. The molecule has 2 aromatic rings. The molecule has 1 aromatic carbocycles. The van der Waals surface area contributed by atoms with E-state index in [-0.39, 0.29) is 11.4 Å². The molecule has 0 saturated heterocycles. The lowest BCUT2D eigenvalue weighted by Crippen LogP contribution is -2.46. The van der Waals surface area contributed by atoms with Gasteiger partial charge in [-0.3, -0.25) is 9.59 Å². The molecular formula is C18H18F3N3O4. The normalized spacial score (nSPS) is 12.7. The third-order valence-electron chi connectivity index (χ3n) is 3.96. The number of hydrogen-bond donors (Lipinski definition) is 2. The van der Waals surface area contributed by atoms with Crippen molar-refractivity contribution in [1.82, 2.24) is 15.1 Å². The van der Waals surface area contributed by atoms with Gasteiger partial charge in [0.25, 0.3) is 5.91 Å². The summed E-state index contributed by atoms with van der Waals surface area (Å²) >= 11 is 0. The maximum absolute atomic E-state index is 13.0. The lowest BCUT2D eigenvalue weighted by molar-refractivity contribution is -0.140. The molecule has 2 rings (SSSR count). The molecule has 7 nitrogen and oxygen atoms in total. The van der Waals surface area contributed by atoms with Crippen LogP contribution in [0.5, 0.6) is 0 Å². The van der Waals surface area contributed by atoms with Crippen LogP contribution in [0.15, 0.2) is 35.1 Å². The van der Waals surface area contributed by atoms with Crippen molar-refractivity contribution in [3.63, 3.8) is 0 Å². The predicted octanol–water partition coefficient (Wildman–Crippen LogP) is 2.40. The van der Waals surface area contributed by atoms with Gasteiger partial charge in [0.15, 0.2) is 5.69 Å². The van der Waals surface area contributed by atoms with Crippen LogP contribution in [0, 0.1) is 12.8 Å². The van der Waals surface area contributed by atoms with E-state index in [0.29, 0.717) is 0 Å². The molecule has 0 unspecified atom stereocenters. The second kappa shape index (κ2) is 7.83. The van der Waals surface area contributed by atoms with Gasteiger partial charge in [-0.2, -0.15) is 18.3 Å². The Bertz CT molecular complexity index is 967. The Morgan fingerprint density at radius 3 is 2.39 bits per heavy atom. The monoisotopic (exact) mass is 397 g/mol. The molecule has 1 aromatic heterocycles. The molecule has 0 aliphatic heterocycles. The number of amides is 1. The molecule has 10 heteroatoms. The number of carboxylic acids is 1. The summed E-state index contributed by atoms with van der Waals surface area (Å²) < 4.78 is 39.9. The summed E-state index contributed by atoms with van der Waals surface area (Å²) in [5, 5.41) is 15.2. The Labute approximate surface area is 157 Å². The quantitative estimate of drug-likeness (QED) is 0.807. The van der Waals surface area contributed by atoms with E-state index in [1.807, 2.05) is 0 Å². The number of nitrogens with zero attached hydrogens (tertiary/aromatic N) is 2. The first-order valence-corrected chi connectivity index (χ1v) is 8.24. The van der Waals surface area contributed by atoms with Crippen molar-refractivity contribution in [2.45, 2.75) is 33.0 Å². The van der Waals surface area contributed by atoms with Crippen LogP contribution in [0.2, 0.25) is 0 Å². The molecule has 1 heterocycles. The Balaban J connectivity index is 2.50. The number of carboxylic acid groups (broad SMARTS) is 1. The zero-order valence-corrected chi connectivity index (χ0v) is 15.2. The number of hydrogen-bond acceptors (Lipinski definition) is 4. The summed E-state index contributed by atoms with van der Waals surface area (Å²) in [5.74, 6) is -2.77. The third-order valence-corrected chi connectivity index (χ3v) is 3.96. The van der Waals surface area contributed by atoms with Gasteiger partial charge in [0.05, 0.1) is 11.3 Å². The lowest BCUT2D eigenvalue weighted by Gasteiger charge is -2.18. The van der Waals surface area contributed by atoms with Gasteiger partial charge in [-0.05, 0) is 31.0 Å². The number of nitrogens with one attached hydrogen (secondary N) is 1. The van der Waals surface area contributed by atoms with Gasteiger partial charge in [-0.1, -0.05) is 19.9 Å². The minimum atomic E-state index is -4.57. The molecule has 28 heavy (non-hydrogen) atoms.